The molecule has 0 unspecified atom stereocenters. The Hall–Kier alpha value is -5.60. The lowest BCUT2D eigenvalue weighted by Gasteiger charge is -2.22. The van der Waals surface area contributed by atoms with Crippen LogP contribution < -0.4 is 0 Å². The molecule has 0 bridgehead atoms. The molecule has 8 rings (SSSR count). The fourth-order valence-corrected chi connectivity index (χ4v) is 6.84. The van der Waals surface area contributed by atoms with Gasteiger partial charge in [-0.3, -0.25) is 0 Å². The smallest absolute Gasteiger partial charge is 0.160 e. The van der Waals surface area contributed by atoms with Crippen LogP contribution in [0, 0.1) is 6.92 Å². The van der Waals surface area contributed by atoms with Crippen LogP contribution in [0.3, 0.4) is 0 Å². The number of benzene rings is 6. The molecule has 1 heterocycles. The summed E-state index contributed by atoms with van der Waals surface area (Å²) in [5, 5.41) is 0. The minimum Gasteiger partial charge on any atom is -0.228 e. The highest BCUT2D eigenvalue weighted by Gasteiger charge is 2.35. The second-order valence-corrected chi connectivity index (χ2v) is 12.8. The maximum atomic E-state index is 5.29. The van der Waals surface area contributed by atoms with Crippen molar-refractivity contribution in [3.8, 4) is 67.3 Å². The normalized spacial score (nSPS) is 12.8. The van der Waals surface area contributed by atoms with Crippen LogP contribution in [-0.4, -0.2) is 9.97 Å². The number of hydrogen-bond acceptors (Lipinski definition) is 2. The number of hydrogen-bond donors (Lipinski definition) is 0. The van der Waals surface area contributed by atoms with Crippen molar-refractivity contribution < 1.29 is 0 Å². The van der Waals surface area contributed by atoms with E-state index in [4.69, 9.17) is 9.97 Å². The third-order valence-electron chi connectivity index (χ3n) is 9.33. The zero-order valence-corrected chi connectivity index (χ0v) is 26.3. The first-order valence-corrected chi connectivity index (χ1v) is 15.9. The zero-order valence-electron chi connectivity index (χ0n) is 26.3. The number of fused-ring (bicyclic) bond motifs is 3. The second-order valence-electron chi connectivity index (χ2n) is 12.8. The molecule has 1 aromatic heterocycles. The summed E-state index contributed by atoms with van der Waals surface area (Å²) in [6.45, 7) is 6.85. The molecule has 0 spiro atoms. The van der Waals surface area contributed by atoms with Crippen LogP contribution >= 0.6 is 0 Å². The van der Waals surface area contributed by atoms with Crippen LogP contribution in [-0.2, 0) is 5.41 Å². The van der Waals surface area contributed by atoms with Gasteiger partial charge in [0.25, 0.3) is 0 Å². The lowest BCUT2D eigenvalue weighted by molar-refractivity contribution is 0.660. The predicted molar refractivity (Wildman–Crippen MR) is 192 cm³/mol. The molecule has 0 N–H and O–H groups in total. The van der Waals surface area contributed by atoms with Crippen LogP contribution in [0.4, 0.5) is 0 Å². The molecular formula is C44H34N2. The molecule has 1 aliphatic carbocycles. The quantitative estimate of drug-likeness (QED) is 0.199. The zero-order chi connectivity index (χ0) is 31.3. The third-order valence-corrected chi connectivity index (χ3v) is 9.33. The topological polar surface area (TPSA) is 25.8 Å². The molecule has 220 valence electrons. The fraction of sp³-hybridized carbons (Fsp3) is 0.0909. The molecule has 0 amide bonds. The van der Waals surface area contributed by atoms with Crippen molar-refractivity contribution in [2.24, 2.45) is 0 Å². The molecular weight excluding hydrogens is 556 g/mol. The largest absolute Gasteiger partial charge is 0.228 e. The molecule has 0 fully saturated rings. The lowest BCUT2D eigenvalue weighted by atomic mass is 9.81. The van der Waals surface area contributed by atoms with Crippen molar-refractivity contribution in [1.82, 2.24) is 9.97 Å². The maximum absolute atomic E-state index is 5.29. The van der Waals surface area contributed by atoms with Crippen molar-refractivity contribution in [2.75, 3.05) is 0 Å². The molecule has 0 atom stereocenters. The van der Waals surface area contributed by atoms with Crippen molar-refractivity contribution >= 4 is 0 Å². The van der Waals surface area contributed by atoms with Crippen molar-refractivity contribution in [3.63, 3.8) is 0 Å². The molecule has 46 heavy (non-hydrogen) atoms. The van der Waals surface area contributed by atoms with E-state index in [1.54, 1.807) is 0 Å². The van der Waals surface area contributed by atoms with E-state index in [0.717, 1.165) is 50.3 Å². The fourth-order valence-electron chi connectivity index (χ4n) is 6.84. The van der Waals surface area contributed by atoms with Gasteiger partial charge in [0.2, 0.25) is 0 Å². The first-order valence-electron chi connectivity index (χ1n) is 15.9. The van der Waals surface area contributed by atoms with E-state index in [2.05, 4.69) is 166 Å². The highest BCUT2D eigenvalue weighted by molar-refractivity contribution is 5.85. The average molecular weight is 591 g/mol. The summed E-state index contributed by atoms with van der Waals surface area (Å²) in [4.78, 5) is 10.5. The highest BCUT2D eigenvalue weighted by atomic mass is 14.9. The minimum atomic E-state index is -0.0978. The third kappa shape index (κ3) is 4.93. The molecule has 0 aliphatic heterocycles. The van der Waals surface area contributed by atoms with E-state index < -0.39 is 0 Å². The summed E-state index contributed by atoms with van der Waals surface area (Å²) in [5.74, 6) is 0.713. The van der Waals surface area contributed by atoms with Gasteiger partial charge in [-0.05, 0) is 81.8 Å². The van der Waals surface area contributed by atoms with Gasteiger partial charge < -0.3 is 0 Å². The summed E-state index contributed by atoms with van der Waals surface area (Å²) < 4.78 is 0. The van der Waals surface area contributed by atoms with Crippen LogP contribution in [0.25, 0.3) is 67.3 Å². The molecule has 7 aromatic rings. The van der Waals surface area contributed by atoms with Crippen molar-refractivity contribution in [2.45, 2.75) is 26.2 Å². The molecule has 1 aliphatic rings. The van der Waals surface area contributed by atoms with Gasteiger partial charge in [-0.15, -0.1) is 0 Å². The number of aryl methyl sites for hydroxylation is 1. The Labute approximate surface area is 271 Å². The minimum absolute atomic E-state index is 0.0978. The SMILES string of the molecule is Cc1ccc2c(c1)C(C)(C)c1cc(-c3cc(-c4ccccc4)nc(-c4cc(-c5ccccc5)cc(-c5ccccc5)c4)n3)ccc1-2. The molecule has 6 aromatic carbocycles. The Morgan fingerprint density at radius 1 is 0.391 bits per heavy atom. The van der Waals surface area contributed by atoms with E-state index >= 15 is 0 Å². The summed E-state index contributed by atoms with van der Waals surface area (Å²) >= 11 is 0. The van der Waals surface area contributed by atoms with Gasteiger partial charge in [0.15, 0.2) is 5.82 Å². The van der Waals surface area contributed by atoms with Crippen LogP contribution in [0.15, 0.2) is 152 Å². The highest BCUT2D eigenvalue weighted by Crippen LogP contribution is 2.50. The molecule has 0 saturated carbocycles. The average Bonchev–Trinajstić information content (AvgIpc) is 3.33. The first-order chi connectivity index (χ1) is 22.4. The number of nitrogens with zero attached hydrogens (tertiary/aromatic N) is 2. The molecule has 0 saturated heterocycles. The Bertz CT molecular complexity index is 2160. The molecule has 2 heteroatoms. The summed E-state index contributed by atoms with van der Waals surface area (Å²) in [6.07, 6.45) is 0. The summed E-state index contributed by atoms with van der Waals surface area (Å²) in [6, 6.07) is 54.1. The Kier molecular flexibility index (Phi) is 6.73. The van der Waals surface area contributed by atoms with E-state index in [0.29, 0.717) is 5.82 Å². The van der Waals surface area contributed by atoms with E-state index in [1.807, 2.05) is 6.07 Å². The van der Waals surface area contributed by atoms with Gasteiger partial charge in [0.05, 0.1) is 11.4 Å². The molecule has 2 nitrogen and oxygen atoms in total. The van der Waals surface area contributed by atoms with Crippen LogP contribution in [0.5, 0.6) is 0 Å². The van der Waals surface area contributed by atoms with Gasteiger partial charge in [0, 0.05) is 22.1 Å². The number of rotatable bonds is 5. The second kappa shape index (κ2) is 11.1. The summed E-state index contributed by atoms with van der Waals surface area (Å²) in [5.41, 5.74) is 16.1. The van der Waals surface area contributed by atoms with Crippen molar-refractivity contribution in [1.29, 1.82) is 0 Å². The number of aromatic nitrogens is 2. The van der Waals surface area contributed by atoms with E-state index in [1.165, 1.54) is 27.8 Å². The van der Waals surface area contributed by atoms with Crippen LogP contribution in [0.1, 0.15) is 30.5 Å². The predicted octanol–water partition coefficient (Wildman–Crippen LogP) is 11.4. The monoisotopic (exact) mass is 590 g/mol. The van der Waals surface area contributed by atoms with Gasteiger partial charge in [-0.1, -0.05) is 141 Å². The van der Waals surface area contributed by atoms with Gasteiger partial charge >= 0.3 is 0 Å². The van der Waals surface area contributed by atoms with Gasteiger partial charge in [0.1, 0.15) is 0 Å². The van der Waals surface area contributed by atoms with Crippen molar-refractivity contribution in [3.05, 3.63) is 168 Å². The van der Waals surface area contributed by atoms with E-state index in [-0.39, 0.29) is 5.41 Å². The molecule has 0 radical (unpaired) electrons. The standard InChI is InChI=1S/C44H34N2/c1-29-19-21-37-38-22-20-33(27-40(38)44(2,3)39(37)23-29)42-28-41(32-17-11-6-12-18-32)45-43(46-42)36-25-34(30-13-7-4-8-14-30)24-35(26-36)31-15-9-5-10-16-31/h4-28H,1-3H3. The Morgan fingerprint density at radius 3 is 1.46 bits per heavy atom. The van der Waals surface area contributed by atoms with Crippen LogP contribution in [0.2, 0.25) is 0 Å². The van der Waals surface area contributed by atoms with Gasteiger partial charge in [-0.25, -0.2) is 9.97 Å². The lowest BCUT2D eigenvalue weighted by Crippen LogP contribution is -2.15. The Balaban J connectivity index is 1.33. The summed E-state index contributed by atoms with van der Waals surface area (Å²) in [7, 11) is 0. The Morgan fingerprint density at radius 2 is 0.870 bits per heavy atom. The maximum Gasteiger partial charge on any atom is 0.160 e. The van der Waals surface area contributed by atoms with Gasteiger partial charge in [-0.2, -0.15) is 0 Å². The first kappa shape index (κ1) is 27.9. The van der Waals surface area contributed by atoms with E-state index in [9.17, 15) is 0 Å².